The molecule has 0 bridgehead atoms. The van der Waals surface area contributed by atoms with Gasteiger partial charge in [0.05, 0.1) is 10.7 Å². The topological polar surface area (TPSA) is 12.4 Å². The van der Waals surface area contributed by atoms with Gasteiger partial charge in [-0.1, -0.05) is 38.7 Å². The molecule has 0 heterocycles. The first-order valence-electron chi connectivity index (χ1n) is 9.42. The maximum atomic E-state index is 15.1. The highest BCUT2D eigenvalue weighted by molar-refractivity contribution is 7.78. The van der Waals surface area contributed by atoms with Gasteiger partial charge in [0.25, 0.3) is 0 Å². The van der Waals surface area contributed by atoms with Crippen LogP contribution in [0.25, 0.3) is 11.1 Å². The van der Waals surface area contributed by atoms with Crippen LogP contribution in [-0.4, -0.2) is 5.16 Å². The standard InChI is InChI=1S/C22H22F3NS/c1-2-3-4-5-14-6-8-17-16(10-14)12-19(24)21(22(17)25)15-7-9-20(26-13-27)18(23)11-15/h7,9,11-12,14H,2-6,8,10H2,1H3. The highest BCUT2D eigenvalue weighted by atomic mass is 32.1. The average molecular weight is 389 g/mol. The number of thiocarbonyl (C=S) groups is 1. The van der Waals surface area contributed by atoms with E-state index >= 15 is 4.39 Å². The molecule has 0 spiro atoms. The maximum absolute atomic E-state index is 15.1. The molecular weight excluding hydrogens is 367 g/mol. The lowest BCUT2D eigenvalue weighted by Crippen LogP contribution is -2.17. The number of isothiocyanates is 1. The average Bonchev–Trinajstić information content (AvgIpc) is 2.64. The van der Waals surface area contributed by atoms with Crippen LogP contribution in [0.4, 0.5) is 18.9 Å². The van der Waals surface area contributed by atoms with Crippen LogP contribution in [0.5, 0.6) is 0 Å². The van der Waals surface area contributed by atoms with Crippen LogP contribution in [-0.2, 0) is 12.8 Å². The zero-order valence-electron chi connectivity index (χ0n) is 15.3. The van der Waals surface area contributed by atoms with Crippen LogP contribution >= 0.6 is 12.2 Å². The van der Waals surface area contributed by atoms with E-state index in [1.54, 1.807) is 0 Å². The van der Waals surface area contributed by atoms with Gasteiger partial charge in [0.1, 0.15) is 23.1 Å². The number of rotatable bonds is 6. The van der Waals surface area contributed by atoms with Gasteiger partial charge in [-0.15, -0.1) is 0 Å². The number of hydrogen-bond donors (Lipinski definition) is 0. The minimum atomic E-state index is -0.683. The molecule has 1 aliphatic carbocycles. The number of fused-ring (bicyclic) bond motifs is 1. The Morgan fingerprint density at radius 1 is 1.15 bits per heavy atom. The Hall–Kier alpha value is -1.97. The van der Waals surface area contributed by atoms with Crippen molar-refractivity contribution < 1.29 is 13.2 Å². The van der Waals surface area contributed by atoms with Gasteiger partial charge in [-0.05, 0) is 72.3 Å². The zero-order valence-corrected chi connectivity index (χ0v) is 16.1. The second-order valence-electron chi connectivity index (χ2n) is 7.16. The van der Waals surface area contributed by atoms with E-state index in [1.165, 1.54) is 31.0 Å². The first kappa shape index (κ1) is 19.8. The van der Waals surface area contributed by atoms with Crippen molar-refractivity contribution in [3.8, 4) is 11.1 Å². The molecule has 142 valence electrons. The Balaban J connectivity index is 1.92. The predicted molar refractivity (Wildman–Crippen MR) is 106 cm³/mol. The molecule has 5 heteroatoms. The SMILES string of the molecule is CCCCCC1CCc2c(cc(F)c(-c3ccc(N=C=S)c(F)c3)c2F)C1. The molecule has 1 aliphatic rings. The van der Waals surface area contributed by atoms with Crippen LogP contribution in [0.2, 0.25) is 0 Å². The maximum Gasteiger partial charge on any atom is 0.150 e. The fourth-order valence-electron chi connectivity index (χ4n) is 3.92. The minimum Gasteiger partial charge on any atom is -0.206 e. The van der Waals surface area contributed by atoms with Crippen LogP contribution in [0, 0.1) is 23.4 Å². The van der Waals surface area contributed by atoms with E-state index in [0.29, 0.717) is 24.3 Å². The third-order valence-electron chi connectivity index (χ3n) is 5.34. The Morgan fingerprint density at radius 2 is 1.96 bits per heavy atom. The summed E-state index contributed by atoms with van der Waals surface area (Å²) in [5, 5.41) is 2.09. The molecule has 0 saturated carbocycles. The fraction of sp³-hybridized carbons (Fsp3) is 0.409. The molecule has 1 nitrogen and oxygen atoms in total. The largest absolute Gasteiger partial charge is 0.206 e. The lowest BCUT2D eigenvalue weighted by atomic mass is 9.80. The summed E-state index contributed by atoms with van der Waals surface area (Å²) in [6.45, 7) is 2.17. The molecule has 0 radical (unpaired) electrons. The summed E-state index contributed by atoms with van der Waals surface area (Å²) in [5.74, 6) is -1.41. The van der Waals surface area contributed by atoms with Crippen molar-refractivity contribution in [3.05, 3.63) is 52.8 Å². The number of unbranched alkanes of at least 4 members (excludes halogenated alkanes) is 2. The molecule has 0 aromatic heterocycles. The van der Waals surface area contributed by atoms with Crippen LogP contribution in [0.1, 0.15) is 50.2 Å². The minimum absolute atomic E-state index is 0.00227. The van der Waals surface area contributed by atoms with E-state index in [-0.39, 0.29) is 16.8 Å². The number of halogens is 3. The van der Waals surface area contributed by atoms with Crippen molar-refractivity contribution in [2.24, 2.45) is 10.9 Å². The summed E-state index contributed by atoms with van der Waals surface area (Å²) in [6.07, 6.45) is 6.85. The normalized spacial score (nSPS) is 15.9. The van der Waals surface area contributed by atoms with Gasteiger partial charge < -0.3 is 0 Å². The highest BCUT2D eigenvalue weighted by Crippen LogP contribution is 2.37. The van der Waals surface area contributed by atoms with Gasteiger partial charge in [-0.3, -0.25) is 0 Å². The number of nitrogens with zero attached hydrogens (tertiary/aromatic N) is 1. The van der Waals surface area contributed by atoms with Gasteiger partial charge in [0, 0.05) is 0 Å². The molecule has 2 aromatic rings. The molecule has 27 heavy (non-hydrogen) atoms. The van der Waals surface area contributed by atoms with Gasteiger partial charge in [0.2, 0.25) is 0 Å². The van der Waals surface area contributed by atoms with Crippen LogP contribution in [0.15, 0.2) is 29.3 Å². The summed E-state index contributed by atoms with van der Waals surface area (Å²) in [7, 11) is 0. The Morgan fingerprint density at radius 3 is 2.67 bits per heavy atom. The number of aliphatic imine (C=N–C) groups is 1. The summed E-state index contributed by atoms with van der Waals surface area (Å²) in [4.78, 5) is 3.60. The molecule has 1 unspecified atom stereocenters. The van der Waals surface area contributed by atoms with Gasteiger partial charge in [0.15, 0.2) is 0 Å². The molecule has 2 aromatic carbocycles. The van der Waals surface area contributed by atoms with E-state index in [4.69, 9.17) is 0 Å². The third kappa shape index (κ3) is 4.31. The van der Waals surface area contributed by atoms with Crippen molar-refractivity contribution in [1.82, 2.24) is 0 Å². The molecule has 0 N–H and O–H groups in total. The molecule has 0 amide bonds. The fourth-order valence-corrected chi connectivity index (χ4v) is 4.02. The summed E-state index contributed by atoms with van der Waals surface area (Å²) in [6, 6.07) is 5.33. The molecule has 0 aliphatic heterocycles. The van der Waals surface area contributed by atoms with Gasteiger partial charge in [-0.25, -0.2) is 13.2 Å². The van der Waals surface area contributed by atoms with E-state index in [2.05, 4.69) is 29.3 Å². The van der Waals surface area contributed by atoms with Crippen molar-refractivity contribution in [2.75, 3.05) is 0 Å². The van der Waals surface area contributed by atoms with E-state index in [0.717, 1.165) is 30.9 Å². The second kappa shape index (κ2) is 8.81. The zero-order chi connectivity index (χ0) is 19.4. The first-order chi connectivity index (χ1) is 13.0. The summed E-state index contributed by atoms with van der Waals surface area (Å²) in [5.41, 5.74) is 1.32. The Bertz CT molecular complexity index is 888. The van der Waals surface area contributed by atoms with Crippen LogP contribution in [0.3, 0.4) is 0 Å². The van der Waals surface area contributed by atoms with Crippen molar-refractivity contribution in [3.63, 3.8) is 0 Å². The lowest BCUT2D eigenvalue weighted by Gasteiger charge is -2.26. The predicted octanol–water partition coefficient (Wildman–Crippen LogP) is 7.19. The number of benzene rings is 2. The van der Waals surface area contributed by atoms with Crippen molar-refractivity contribution >= 4 is 23.1 Å². The Kier molecular flexibility index (Phi) is 6.46. The first-order valence-corrected chi connectivity index (χ1v) is 9.83. The monoisotopic (exact) mass is 389 g/mol. The van der Waals surface area contributed by atoms with E-state index < -0.39 is 17.5 Å². The van der Waals surface area contributed by atoms with E-state index in [1.807, 2.05) is 0 Å². The van der Waals surface area contributed by atoms with Crippen LogP contribution < -0.4 is 0 Å². The highest BCUT2D eigenvalue weighted by Gasteiger charge is 2.26. The van der Waals surface area contributed by atoms with Crippen molar-refractivity contribution in [1.29, 1.82) is 0 Å². The lowest BCUT2D eigenvalue weighted by molar-refractivity contribution is 0.399. The molecule has 0 saturated heterocycles. The molecule has 0 fully saturated rings. The quantitative estimate of drug-likeness (QED) is 0.289. The van der Waals surface area contributed by atoms with Crippen molar-refractivity contribution in [2.45, 2.75) is 51.9 Å². The Labute approximate surface area is 163 Å². The van der Waals surface area contributed by atoms with E-state index in [9.17, 15) is 8.78 Å². The number of hydrogen-bond acceptors (Lipinski definition) is 2. The smallest absolute Gasteiger partial charge is 0.150 e. The second-order valence-corrected chi connectivity index (χ2v) is 7.34. The van der Waals surface area contributed by atoms with Gasteiger partial charge >= 0.3 is 0 Å². The third-order valence-corrected chi connectivity index (χ3v) is 5.43. The molecular formula is C22H22F3NS. The molecule has 3 rings (SSSR count). The summed E-state index contributed by atoms with van der Waals surface area (Å²) < 4.78 is 43.9. The summed E-state index contributed by atoms with van der Waals surface area (Å²) >= 11 is 4.47. The van der Waals surface area contributed by atoms with Gasteiger partial charge in [-0.2, -0.15) is 4.99 Å². The molecule has 1 atom stereocenters.